The van der Waals surface area contributed by atoms with Crippen molar-refractivity contribution in [3.05, 3.63) is 257 Å². The molecule has 5 aromatic carbocycles. The molecule has 0 bridgehead atoms. The molecular formula is C100H100N26O6S. The number of pyridine rings is 10. The number of nitrogens with zero attached hydrogens (tertiary/aromatic N) is 13. The Morgan fingerprint density at radius 2 is 0.662 bits per heavy atom. The van der Waals surface area contributed by atoms with Gasteiger partial charge in [-0.1, -0.05) is 156 Å². The van der Waals surface area contributed by atoms with Crippen molar-refractivity contribution >= 4 is 159 Å². The number of benzene rings is 5. The quantitative estimate of drug-likeness (QED) is 0.0267. The maximum atomic E-state index is 12.2. The Balaban J connectivity index is 0.000000150. The third-order valence-electron chi connectivity index (χ3n) is 21.0. The van der Waals surface area contributed by atoms with E-state index in [1.165, 1.54) is 39.2 Å². The molecule has 133 heavy (non-hydrogen) atoms. The summed E-state index contributed by atoms with van der Waals surface area (Å²) >= 11 is 1.49. The van der Waals surface area contributed by atoms with E-state index in [2.05, 4.69) is 157 Å². The van der Waals surface area contributed by atoms with Crippen molar-refractivity contribution in [1.82, 2.24) is 65.5 Å². The molecule has 0 aliphatic carbocycles. The van der Waals surface area contributed by atoms with Crippen molar-refractivity contribution in [3.8, 4) is 68.4 Å². The lowest BCUT2D eigenvalue weighted by Crippen LogP contribution is -2.34. The van der Waals surface area contributed by atoms with Crippen molar-refractivity contribution in [2.45, 2.75) is 125 Å². The second-order valence-corrected chi connectivity index (χ2v) is 31.6. The molecule has 0 spiro atoms. The molecule has 19 N–H and O–H groups in total. The molecule has 0 radical (unpaired) electrons. The lowest BCUT2D eigenvalue weighted by molar-refractivity contribution is -0.122. The van der Waals surface area contributed by atoms with Gasteiger partial charge in [0.15, 0.2) is 0 Å². The number of hydrogen-bond donors (Lipinski definition) is 13. The van der Waals surface area contributed by atoms with E-state index in [0.717, 1.165) is 142 Å². The van der Waals surface area contributed by atoms with Gasteiger partial charge in [-0.05, 0) is 161 Å². The number of fused-ring (bicyclic) bond motifs is 5. The minimum absolute atomic E-state index is 0.00572. The van der Waals surface area contributed by atoms with Gasteiger partial charge in [0.25, 0.3) is 0 Å². The summed E-state index contributed by atoms with van der Waals surface area (Å²) in [6.07, 6.45) is 14.4. The molecule has 16 rings (SSSR count). The predicted molar refractivity (Wildman–Crippen MR) is 528 cm³/mol. The van der Waals surface area contributed by atoms with Gasteiger partial charge < -0.3 is 61.0 Å². The van der Waals surface area contributed by atoms with Gasteiger partial charge in [-0.2, -0.15) is 10.5 Å². The number of primary amides is 1. The summed E-state index contributed by atoms with van der Waals surface area (Å²) in [5.41, 5.74) is 52.6. The highest BCUT2D eigenvalue weighted by molar-refractivity contribution is 7.09. The van der Waals surface area contributed by atoms with Gasteiger partial charge in [0.1, 0.15) is 64.6 Å². The van der Waals surface area contributed by atoms with Crippen LogP contribution >= 0.6 is 11.3 Å². The largest absolute Gasteiger partial charge is 0.383 e. The molecule has 33 heteroatoms. The fraction of sp³-hybridized carbons (Fsp3) is 0.190. The number of nitriles is 2. The summed E-state index contributed by atoms with van der Waals surface area (Å²) in [5, 5.41) is 44.1. The molecule has 16 aromatic rings. The van der Waals surface area contributed by atoms with Crippen molar-refractivity contribution in [2.75, 3.05) is 55.3 Å². The van der Waals surface area contributed by atoms with Crippen LogP contribution in [0.15, 0.2) is 225 Å². The third kappa shape index (κ3) is 25.3. The fourth-order valence-electron chi connectivity index (χ4n) is 14.4. The Labute approximate surface area is 771 Å². The van der Waals surface area contributed by atoms with Gasteiger partial charge in [0.2, 0.25) is 23.6 Å². The number of nitrogens with one attached hydrogen (secondary N) is 7. The number of aryl methyl sites for hydroxylation is 5. The number of nitrogens with two attached hydrogens (primary N) is 6. The molecule has 32 nitrogen and oxygen atoms in total. The minimum atomic E-state index is -0.519. The summed E-state index contributed by atoms with van der Waals surface area (Å²) in [5.74, 6) is 2.65. The molecule has 8 amide bonds. The highest BCUT2D eigenvalue weighted by Crippen LogP contribution is 2.36. The molecule has 0 aliphatic rings. The highest BCUT2D eigenvalue weighted by atomic mass is 32.1. The van der Waals surface area contributed by atoms with E-state index < -0.39 is 11.8 Å². The molecule has 672 valence electrons. The molecular weight excluding hydrogens is 1690 g/mol. The second-order valence-electron chi connectivity index (χ2n) is 30.6. The Kier molecular flexibility index (Phi) is 32.6. The molecule has 11 aromatic heterocycles. The van der Waals surface area contributed by atoms with E-state index in [1.807, 2.05) is 153 Å². The molecule has 0 saturated carbocycles. The summed E-state index contributed by atoms with van der Waals surface area (Å²) < 4.78 is 0. The molecule has 0 atom stereocenters. The Morgan fingerprint density at radius 1 is 0.368 bits per heavy atom. The number of anilines is 10. The van der Waals surface area contributed by atoms with Crippen molar-refractivity contribution < 1.29 is 28.8 Å². The van der Waals surface area contributed by atoms with E-state index >= 15 is 0 Å². The van der Waals surface area contributed by atoms with Crippen LogP contribution in [-0.4, -0.2) is 96.6 Å². The Bertz CT molecular complexity index is 7060. The van der Waals surface area contributed by atoms with E-state index in [0.29, 0.717) is 70.1 Å². The lowest BCUT2D eigenvalue weighted by Gasteiger charge is -2.12. The molecule has 0 unspecified atom stereocenters. The number of amides is 8. The van der Waals surface area contributed by atoms with E-state index in [4.69, 9.17) is 44.9 Å². The summed E-state index contributed by atoms with van der Waals surface area (Å²) in [4.78, 5) is 119. The van der Waals surface area contributed by atoms with E-state index in [9.17, 15) is 28.8 Å². The van der Waals surface area contributed by atoms with Gasteiger partial charge in [-0.3, -0.25) is 34.8 Å². The standard InChI is InChI=1S/C21H20N6OS.C20H21N5O2.C20H23N5O.C20H19N5O.C19H17N5O/c1-2-13-5-3-4-6-16(13)18-7-14-8-19(24-11-17(14)20(22)26-18)27-21(28)25-10-15-9-23-12-29-15;1-2-12-5-3-4-6-14(12)16-9-13-10-18(23-11-15(13)20(22)24-16)25-19(27)8-7-17(21)26;1-4-13-7-5-6-8-15(13)17-9-14-10-18(25-20(26)23-12(2)3)22-11-16(14)19(21)24-17;1-2-13-6-3-4-7-15(13)17-10-14-11-18(25-19(26)8-5-9-21)23-12-16(14)20(22)24-17;1-2-12-5-3-4-6-14(12)16-9-13-10-17(24-18(25)7-8-20)22-11-15(13)19(21)23-16/h3-9,11-12H,2,10H2,1H3,(H2,22,26)(H2,24,25,27,28);3-6,9-11H,2,7-8H2,1H3,(H2,21,26)(H2,22,24)(H,23,25,27);5-12H,4H2,1-3H3,(H2,21,24)(H2,22,23,25,26);3-4,6-7,10-12H,2,5,8H2,1H3,(H2,22,24)(H,23,25,26);3-6,9-11H,2,7H2,1H3,(H2,21,23)(H,22,24,25). The first-order valence-corrected chi connectivity index (χ1v) is 43.9. The zero-order valence-electron chi connectivity index (χ0n) is 74.4. The average molecular weight is 1790 g/mol. The monoisotopic (exact) mass is 1790 g/mol. The SMILES string of the molecule is CCc1ccccc1-c1cc2cc(NC(=O)CC#N)ncc2c(N)n1.CCc1ccccc1-c1cc2cc(NC(=O)CCC#N)ncc2c(N)n1.CCc1ccccc1-c1cc2cc(NC(=O)CCC(N)=O)ncc2c(N)n1.CCc1ccccc1-c1cc2cc(NC(=O)NC(C)C)ncc2c(N)n1.CCc1ccccc1-c1cc2cc(NC(=O)NCc3cncs3)ncc2c(N)n1. The summed E-state index contributed by atoms with van der Waals surface area (Å²) in [6, 6.07) is 62.3. The van der Waals surface area contributed by atoms with Gasteiger partial charge in [0, 0.05) is 129 Å². The van der Waals surface area contributed by atoms with Gasteiger partial charge in [-0.15, -0.1) is 11.3 Å². The van der Waals surface area contributed by atoms with Gasteiger partial charge >= 0.3 is 12.1 Å². The molecule has 0 aliphatic heterocycles. The first-order chi connectivity index (χ1) is 64.3. The highest BCUT2D eigenvalue weighted by Gasteiger charge is 2.20. The van der Waals surface area contributed by atoms with Crippen LogP contribution in [0.25, 0.3) is 110 Å². The number of carbonyl (C=O) groups is 6. The van der Waals surface area contributed by atoms with Crippen molar-refractivity contribution in [2.24, 2.45) is 5.73 Å². The molecule has 0 saturated heterocycles. The summed E-state index contributed by atoms with van der Waals surface area (Å²) in [7, 11) is 0. The zero-order chi connectivity index (χ0) is 94.6. The lowest BCUT2D eigenvalue weighted by atomic mass is 10.0. The van der Waals surface area contributed by atoms with Crippen LogP contribution in [0.1, 0.15) is 113 Å². The van der Waals surface area contributed by atoms with Crippen LogP contribution < -0.4 is 71.6 Å². The predicted octanol–water partition coefficient (Wildman–Crippen LogP) is 17.8. The first kappa shape index (κ1) is 95.0. The van der Waals surface area contributed by atoms with Crippen LogP contribution in [0.2, 0.25) is 0 Å². The number of thiazole rings is 1. The second kappa shape index (κ2) is 45.6. The smallest absolute Gasteiger partial charge is 0.320 e. The van der Waals surface area contributed by atoms with Crippen molar-refractivity contribution in [3.63, 3.8) is 0 Å². The third-order valence-corrected chi connectivity index (χ3v) is 21.8. The molecule has 0 fully saturated rings. The zero-order valence-corrected chi connectivity index (χ0v) is 75.2. The number of rotatable bonds is 24. The Morgan fingerprint density at radius 3 is 0.940 bits per heavy atom. The fourth-order valence-corrected chi connectivity index (χ4v) is 15.0. The minimum Gasteiger partial charge on any atom is -0.383 e. The summed E-state index contributed by atoms with van der Waals surface area (Å²) in [6.45, 7) is 14.7. The number of nitrogen functional groups attached to an aromatic ring is 5. The topological polar surface area (TPSA) is 532 Å². The normalized spacial score (nSPS) is 10.7. The number of aromatic nitrogens is 11. The Hall–Kier alpha value is -17.1. The first-order valence-electron chi connectivity index (χ1n) is 43.0. The van der Waals surface area contributed by atoms with Crippen LogP contribution in [-0.2, 0) is 57.8 Å². The van der Waals surface area contributed by atoms with Crippen LogP contribution in [0.5, 0.6) is 0 Å². The maximum absolute atomic E-state index is 12.2. The molecule has 11 heterocycles. The maximum Gasteiger partial charge on any atom is 0.320 e. The van der Waals surface area contributed by atoms with Gasteiger partial charge in [-0.25, -0.2) is 59.4 Å². The van der Waals surface area contributed by atoms with E-state index in [1.54, 1.807) is 67.0 Å². The van der Waals surface area contributed by atoms with Crippen LogP contribution in [0, 0.1) is 22.7 Å². The number of hydrogen-bond acceptors (Lipinski definition) is 25. The van der Waals surface area contributed by atoms with Gasteiger partial charge in [0.05, 0.1) is 52.7 Å². The van der Waals surface area contributed by atoms with Crippen LogP contribution in [0.3, 0.4) is 0 Å². The van der Waals surface area contributed by atoms with Crippen LogP contribution in [0.4, 0.5) is 67.8 Å². The number of urea groups is 2. The van der Waals surface area contributed by atoms with Crippen molar-refractivity contribution in [1.29, 1.82) is 10.5 Å². The number of carbonyl (C=O) groups excluding carboxylic acids is 6. The van der Waals surface area contributed by atoms with E-state index in [-0.39, 0.29) is 62.0 Å². The average Bonchev–Trinajstić information content (AvgIpc) is 1.75.